The van der Waals surface area contributed by atoms with E-state index in [2.05, 4.69) is 0 Å². The molecule has 1 fully saturated rings. The van der Waals surface area contributed by atoms with Crippen LogP contribution in [-0.4, -0.2) is 12.1 Å². The first-order valence-corrected chi connectivity index (χ1v) is 2.32. The fourth-order valence-corrected chi connectivity index (χ4v) is 0.552. The number of nitrogens with two attached hydrogens (primary N) is 2. The highest BCUT2D eigenvalue weighted by atomic mass is 35.5. The monoisotopic (exact) mass is 158 g/mol. The van der Waals surface area contributed by atoms with Crippen LogP contribution in [0.5, 0.6) is 0 Å². The van der Waals surface area contributed by atoms with Gasteiger partial charge in [0.2, 0.25) is 0 Å². The number of rotatable bonds is 0. The Kier molecular flexibility index (Phi) is 6.20. The topological polar surface area (TPSA) is 52.0 Å². The molecule has 2 nitrogen and oxygen atoms in total. The summed E-state index contributed by atoms with van der Waals surface area (Å²) < 4.78 is 0. The van der Waals surface area contributed by atoms with Crippen LogP contribution in [0, 0.1) is 0 Å². The van der Waals surface area contributed by atoms with Crippen molar-refractivity contribution < 1.29 is 0 Å². The molecule has 0 spiro atoms. The van der Waals surface area contributed by atoms with Crippen LogP contribution in [0.3, 0.4) is 0 Å². The Hall–Kier alpha value is 0.500. The summed E-state index contributed by atoms with van der Waals surface area (Å²) in [7, 11) is 0. The van der Waals surface area contributed by atoms with Crippen LogP contribution in [0.4, 0.5) is 0 Å². The summed E-state index contributed by atoms with van der Waals surface area (Å²) in [5, 5.41) is 0. The lowest BCUT2D eigenvalue weighted by atomic mass is 9.88. The summed E-state index contributed by atoms with van der Waals surface area (Å²) in [6, 6.07) is 0.620. The van der Waals surface area contributed by atoms with Crippen molar-refractivity contribution in [2.24, 2.45) is 11.5 Å². The Morgan fingerprint density at radius 2 is 1.12 bits per heavy atom. The van der Waals surface area contributed by atoms with Gasteiger partial charge in [0.15, 0.2) is 0 Å². The van der Waals surface area contributed by atoms with Crippen molar-refractivity contribution in [3.63, 3.8) is 0 Å². The van der Waals surface area contributed by atoms with Crippen LogP contribution in [0.15, 0.2) is 0 Å². The fourth-order valence-electron chi connectivity index (χ4n) is 0.552. The standard InChI is InChI=1S/C4H10N2.2ClH/c5-3-1-2-4(3)6;;/h3-4H,1-2,5-6H2;2*1H/t3-,4-;;/m1../s1. The summed E-state index contributed by atoms with van der Waals surface area (Å²) in [6.45, 7) is 0. The minimum absolute atomic E-state index is 0. The lowest BCUT2D eigenvalue weighted by Crippen LogP contribution is -2.49. The van der Waals surface area contributed by atoms with Gasteiger partial charge in [0, 0.05) is 12.1 Å². The second-order valence-corrected chi connectivity index (χ2v) is 1.91. The van der Waals surface area contributed by atoms with Crippen molar-refractivity contribution in [3.8, 4) is 0 Å². The van der Waals surface area contributed by atoms with E-state index >= 15 is 0 Å². The van der Waals surface area contributed by atoms with E-state index in [1.54, 1.807) is 0 Å². The fraction of sp³-hybridized carbons (Fsp3) is 1.00. The largest absolute Gasteiger partial charge is 0.326 e. The quantitative estimate of drug-likeness (QED) is 0.533. The molecule has 0 bridgehead atoms. The van der Waals surface area contributed by atoms with Gasteiger partial charge in [0.05, 0.1) is 0 Å². The normalized spacial score (nSPS) is 33.8. The molecule has 0 aliphatic heterocycles. The maximum absolute atomic E-state index is 5.40. The minimum atomic E-state index is 0. The highest BCUT2D eigenvalue weighted by Crippen LogP contribution is 2.13. The van der Waals surface area contributed by atoms with Gasteiger partial charge < -0.3 is 11.5 Å². The molecule has 0 amide bonds. The van der Waals surface area contributed by atoms with Crippen LogP contribution in [-0.2, 0) is 0 Å². The Labute approximate surface area is 61.8 Å². The molecule has 1 rings (SSSR count). The van der Waals surface area contributed by atoms with E-state index in [0.717, 1.165) is 12.8 Å². The molecule has 1 aliphatic carbocycles. The molecule has 2 atom stereocenters. The lowest BCUT2D eigenvalue weighted by molar-refractivity contribution is 0.347. The van der Waals surface area contributed by atoms with Gasteiger partial charge in [0.25, 0.3) is 0 Å². The van der Waals surface area contributed by atoms with Gasteiger partial charge in [-0.25, -0.2) is 0 Å². The summed E-state index contributed by atoms with van der Waals surface area (Å²) in [5.41, 5.74) is 10.8. The predicted molar refractivity (Wildman–Crippen MR) is 39.7 cm³/mol. The average Bonchev–Trinajstić information content (AvgIpc) is 1.61. The van der Waals surface area contributed by atoms with Crippen molar-refractivity contribution in [2.45, 2.75) is 24.9 Å². The van der Waals surface area contributed by atoms with Gasteiger partial charge in [-0.2, -0.15) is 0 Å². The van der Waals surface area contributed by atoms with E-state index in [9.17, 15) is 0 Å². The van der Waals surface area contributed by atoms with Gasteiger partial charge in [-0.05, 0) is 12.8 Å². The zero-order valence-corrected chi connectivity index (χ0v) is 6.17. The molecule has 0 unspecified atom stereocenters. The third kappa shape index (κ3) is 2.18. The van der Waals surface area contributed by atoms with E-state index in [4.69, 9.17) is 11.5 Å². The van der Waals surface area contributed by atoms with Gasteiger partial charge in [-0.15, -0.1) is 24.8 Å². The van der Waals surface area contributed by atoms with Crippen molar-refractivity contribution in [1.82, 2.24) is 0 Å². The smallest absolute Gasteiger partial charge is 0.0192 e. The van der Waals surface area contributed by atoms with E-state index in [0.29, 0.717) is 12.1 Å². The Morgan fingerprint density at radius 1 is 0.875 bits per heavy atom. The number of hydrogen-bond acceptors (Lipinski definition) is 2. The molecule has 0 aromatic carbocycles. The van der Waals surface area contributed by atoms with Gasteiger partial charge in [0.1, 0.15) is 0 Å². The summed E-state index contributed by atoms with van der Waals surface area (Å²) in [4.78, 5) is 0. The molecule has 0 aromatic rings. The Bertz CT molecular complexity index is 52.0. The van der Waals surface area contributed by atoms with Crippen LogP contribution >= 0.6 is 24.8 Å². The second-order valence-electron chi connectivity index (χ2n) is 1.91. The molecular weight excluding hydrogens is 147 g/mol. The van der Waals surface area contributed by atoms with E-state index < -0.39 is 0 Å². The molecule has 8 heavy (non-hydrogen) atoms. The molecular formula is C4H12Cl2N2. The molecule has 52 valence electrons. The number of halogens is 2. The highest BCUT2D eigenvalue weighted by molar-refractivity contribution is 5.85. The third-order valence-electron chi connectivity index (χ3n) is 1.38. The van der Waals surface area contributed by atoms with Crippen LogP contribution in [0.2, 0.25) is 0 Å². The molecule has 1 saturated carbocycles. The maximum Gasteiger partial charge on any atom is 0.0192 e. The molecule has 0 saturated heterocycles. The van der Waals surface area contributed by atoms with Crippen LogP contribution in [0.1, 0.15) is 12.8 Å². The first-order chi connectivity index (χ1) is 2.80. The third-order valence-corrected chi connectivity index (χ3v) is 1.38. The summed E-state index contributed by atoms with van der Waals surface area (Å²) in [5.74, 6) is 0. The van der Waals surface area contributed by atoms with Crippen LogP contribution in [0.25, 0.3) is 0 Å². The first-order valence-electron chi connectivity index (χ1n) is 2.32. The van der Waals surface area contributed by atoms with Gasteiger partial charge >= 0.3 is 0 Å². The Morgan fingerprint density at radius 3 is 1.12 bits per heavy atom. The molecule has 4 N–H and O–H groups in total. The summed E-state index contributed by atoms with van der Waals surface area (Å²) >= 11 is 0. The van der Waals surface area contributed by atoms with Crippen LogP contribution < -0.4 is 11.5 Å². The molecule has 0 radical (unpaired) electrons. The van der Waals surface area contributed by atoms with Gasteiger partial charge in [-0.3, -0.25) is 0 Å². The molecule has 0 aromatic heterocycles. The van der Waals surface area contributed by atoms with Gasteiger partial charge in [-0.1, -0.05) is 0 Å². The molecule has 1 aliphatic rings. The van der Waals surface area contributed by atoms with Crippen molar-refractivity contribution in [2.75, 3.05) is 0 Å². The number of hydrogen-bond donors (Lipinski definition) is 2. The second kappa shape index (κ2) is 4.39. The maximum atomic E-state index is 5.40. The van der Waals surface area contributed by atoms with Crippen molar-refractivity contribution in [1.29, 1.82) is 0 Å². The summed E-state index contributed by atoms with van der Waals surface area (Å²) in [6.07, 6.45) is 2.25. The molecule has 4 heteroatoms. The van der Waals surface area contributed by atoms with Crippen molar-refractivity contribution in [3.05, 3.63) is 0 Å². The van der Waals surface area contributed by atoms with E-state index in [-0.39, 0.29) is 24.8 Å². The average molecular weight is 159 g/mol. The van der Waals surface area contributed by atoms with Crippen molar-refractivity contribution >= 4 is 24.8 Å². The van der Waals surface area contributed by atoms with E-state index in [1.807, 2.05) is 0 Å². The zero-order chi connectivity index (χ0) is 4.57. The zero-order valence-electron chi connectivity index (χ0n) is 4.54. The minimum Gasteiger partial charge on any atom is -0.326 e. The highest BCUT2D eigenvalue weighted by Gasteiger charge is 2.22. The Balaban J connectivity index is 0. The SMILES string of the molecule is Cl.Cl.N[C@@H]1CC[C@H]1N. The molecule has 0 heterocycles. The van der Waals surface area contributed by atoms with E-state index in [1.165, 1.54) is 0 Å². The predicted octanol–water partition coefficient (Wildman–Crippen LogP) is 0.278. The lowest BCUT2D eigenvalue weighted by Gasteiger charge is -2.29. The first kappa shape index (κ1) is 11.3.